The minimum absolute atomic E-state index is 0.207. The normalized spacial score (nSPS) is 13.0. The molecular formula is C15H17N3O3. The number of aromatic carboxylic acids is 1. The summed E-state index contributed by atoms with van der Waals surface area (Å²) in [6.07, 6.45) is 2.25. The summed E-state index contributed by atoms with van der Waals surface area (Å²) in [5.41, 5.74) is 3.23. The molecule has 1 aromatic heterocycles. The van der Waals surface area contributed by atoms with Crippen molar-refractivity contribution in [1.29, 1.82) is 0 Å². The predicted octanol–water partition coefficient (Wildman–Crippen LogP) is 2.15. The topological polar surface area (TPSA) is 76.4 Å². The van der Waals surface area contributed by atoms with Gasteiger partial charge in [0.2, 0.25) is 0 Å². The molecule has 110 valence electrons. The summed E-state index contributed by atoms with van der Waals surface area (Å²) in [6.45, 7) is 1.58. The van der Waals surface area contributed by atoms with Crippen molar-refractivity contribution in [1.82, 2.24) is 9.78 Å². The minimum Gasteiger partial charge on any atom is -0.495 e. The first-order valence-electron chi connectivity index (χ1n) is 6.88. The number of nitrogens with zero attached hydrogens (tertiary/aromatic N) is 2. The Morgan fingerprint density at radius 1 is 1.48 bits per heavy atom. The fraction of sp³-hybridized carbons (Fsp3) is 0.333. The number of aromatic nitrogens is 2. The van der Waals surface area contributed by atoms with Crippen LogP contribution in [0.5, 0.6) is 5.75 Å². The second kappa shape index (κ2) is 5.47. The largest absolute Gasteiger partial charge is 0.495 e. The molecule has 2 aromatic rings. The lowest BCUT2D eigenvalue weighted by Crippen LogP contribution is -2.05. The summed E-state index contributed by atoms with van der Waals surface area (Å²) < 4.78 is 7.28. The van der Waals surface area contributed by atoms with Crippen LogP contribution < -0.4 is 10.1 Å². The summed E-state index contributed by atoms with van der Waals surface area (Å²) in [6, 6.07) is 6.89. The van der Waals surface area contributed by atoms with Crippen LogP contribution in [0.2, 0.25) is 0 Å². The Hall–Kier alpha value is -2.50. The van der Waals surface area contributed by atoms with Crippen molar-refractivity contribution >= 4 is 11.7 Å². The summed E-state index contributed by atoms with van der Waals surface area (Å²) >= 11 is 0. The van der Waals surface area contributed by atoms with Crippen molar-refractivity contribution < 1.29 is 14.6 Å². The van der Waals surface area contributed by atoms with E-state index in [1.807, 2.05) is 4.68 Å². The predicted molar refractivity (Wildman–Crippen MR) is 77.8 cm³/mol. The second-order valence-electron chi connectivity index (χ2n) is 5.03. The summed E-state index contributed by atoms with van der Waals surface area (Å²) in [7, 11) is 1.53. The highest BCUT2D eigenvalue weighted by Crippen LogP contribution is 2.26. The van der Waals surface area contributed by atoms with E-state index < -0.39 is 5.97 Å². The van der Waals surface area contributed by atoms with Gasteiger partial charge in [-0.05, 0) is 37.1 Å². The number of carbonyl (C=O) groups is 1. The van der Waals surface area contributed by atoms with Crippen LogP contribution >= 0.6 is 0 Å². The second-order valence-corrected chi connectivity index (χ2v) is 5.03. The van der Waals surface area contributed by atoms with Gasteiger partial charge in [-0.15, -0.1) is 0 Å². The number of ether oxygens (including phenoxy) is 1. The third kappa shape index (κ3) is 2.69. The quantitative estimate of drug-likeness (QED) is 0.881. The van der Waals surface area contributed by atoms with E-state index in [0.717, 1.165) is 24.3 Å². The molecule has 0 atom stereocenters. The molecule has 1 aliphatic heterocycles. The molecular weight excluding hydrogens is 270 g/mol. The van der Waals surface area contributed by atoms with E-state index in [0.29, 0.717) is 12.3 Å². The van der Waals surface area contributed by atoms with Crippen LogP contribution in [0.3, 0.4) is 0 Å². The number of hydrogen-bond donors (Lipinski definition) is 2. The highest BCUT2D eigenvalue weighted by atomic mass is 16.5. The number of carboxylic acid groups (broad SMARTS) is 1. The van der Waals surface area contributed by atoms with E-state index in [1.54, 1.807) is 12.1 Å². The van der Waals surface area contributed by atoms with Crippen molar-refractivity contribution in [3.05, 3.63) is 41.2 Å². The van der Waals surface area contributed by atoms with Gasteiger partial charge in [0.05, 0.1) is 30.6 Å². The molecule has 3 rings (SSSR count). The number of carboxylic acids is 1. The number of benzene rings is 1. The number of fused-ring (bicyclic) bond motifs is 1. The monoisotopic (exact) mass is 287 g/mol. The Morgan fingerprint density at radius 3 is 3.05 bits per heavy atom. The Bertz CT molecular complexity index is 657. The maximum atomic E-state index is 11.0. The van der Waals surface area contributed by atoms with Crippen molar-refractivity contribution in [3.63, 3.8) is 0 Å². The van der Waals surface area contributed by atoms with Crippen LogP contribution in [0, 0.1) is 0 Å². The lowest BCUT2D eigenvalue weighted by Gasteiger charge is -2.11. The van der Waals surface area contributed by atoms with Gasteiger partial charge < -0.3 is 15.2 Å². The van der Waals surface area contributed by atoms with Crippen molar-refractivity contribution in [2.75, 3.05) is 12.4 Å². The first kappa shape index (κ1) is 13.5. The van der Waals surface area contributed by atoms with E-state index in [2.05, 4.69) is 16.5 Å². The van der Waals surface area contributed by atoms with E-state index >= 15 is 0 Å². The molecule has 0 unspecified atom stereocenters. The molecule has 1 aliphatic rings. The molecule has 1 aromatic carbocycles. The molecule has 0 bridgehead atoms. The highest BCUT2D eigenvalue weighted by Gasteiger charge is 2.14. The fourth-order valence-corrected chi connectivity index (χ4v) is 2.56. The zero-order valence-corrected chi connectivity index (χ0v) is 11.8. The van der Waals surface area contributed by atoms with Crippen LogP contribution in [-0.2, 0) is 19.5 Å². The van der Waals surface area contributed by atoms with Crippen LogP contribution in [-0.4, -0.2) is 28.0 Å². The number of anilines is 1. The Labute approximate surface area is 122 Å². The number of hydrogen-bond acceptors (Lipinski definition) is 4. The summed E-state index contributed by atoms with van der Waals surface area (Å²) in [5, 5.41) is 16.7. The van der Waals surface area contributed by atoms with Gasteiger partial charge in [0.1, 0.15) is 5.75 Å². The molecule has 2 heterocycles. The van der Waals surface area contributed by atoms with Gasteiger partial charge in [-0.1, -0.05) is 0 Å². The molecule has 0 radical (unpaired) electrons. The molecule has 0 aliphatic carbocycles. The highest BCUT2D eigenvalue weighted by molar-refractivity contribution is 5.89. The molecule has 6 nitrogen and oxygen atoms in total. The third-order valence-electron chi connectivity index (χ3n) is 3.63. The standard InChI is InChI=1S/C15H17N3O3/c1-21-14-7-10(15(19)20)4-5-13(14)16-9-11-8-12-3-2-6-18(12)17-11/h4-5,7-8,16H,2-3,6,9H2,1H3,(H,19,20). The van der Waals surface area contributed by atoms with E-state index in [4.69, 9.17) is 9.84 Å². The first-order valence-corrected chi connectivity index (χ1v) is 6.88. The lowest BCUT2D eigenvalue weighted by atomic mass is 10.2. The number of nitrogens with one attached hydrogen (secondary N) is 1. The lowest BCUT2D eigenvalue weighted by molar-refractivity contribution is 0.0696. The van der Waals surface area contributed by atoms with Gasteiger partial charge >= 0.3 is 5.97 Å². The SMILES string of the molecule is COc1cc(C(=O)O)ccc1NCc1cc2n(n1)CCC2. The van der Waals surface area contributed by atoms with Gasteiger partial charge in [0, 0.05) is 12.2 Å². The molecule has 0 spiro atoms. The number of aryl methyl sites for hydroxylation is 2. The van der Waals surface area contributed by atoms with Crippen molar-refractivity contribution in [2.45, 2.75) is 25.9 Å². The third-order valence-corrected chi connectivity index (χ3v) is 3.63. The molecule has 0 amide bonds. The van der Waals surface area contributed by atoms with Crippen molar-refractivity contribution in [2.24, 2.45) is 0 Å². The summed E-state index contributed by atoms with van der Waals surface area (Å²) in [5.74, 6) is -0.452. The van der Waals surface area contributed by atoms with Crippen LogP contribution in [0.25, 0.3) is 0 Å². The Balaban J connectivity index is 1.73. The van der Waals surface area contributed by atoms with Gasteiger partial charge in [0.15, 0.2) is 0 Å². The van der Waals surface area contributed by atoms with Gasteiger partial charge in [-0.2, -0.15) is 5.10 Å². The fourth-order valence-electron chi connectivity index (χ4n) is 2.56. The van der Waals surface area contributed by atoms with Crippen LogP contribution in [0.1, 0.15) is 28.2 Å². The number of rotatable bonds is 5. The average molecular weight is 287 g/mol. The van der Waals surface area contributed by atoms with Crippen molar-refractivity contribution in [3.8, 4) is 5.75 Å². The Morgan fingerprint density at radius 2 is 2.33 bits per heavy atom. The average Bonchev–Trinajstić information content (AvgIpc) is 3.05. The smallest absolute Gasteiger partial charge is 0.335 e. The van der Waals surface area contributed by atoms with Gasteiger partial charge in [0.25, 0.3) is 0 Å². The zero-order valence-electron chi connectivity index (χ0n) is 11.8. The molecule has 0 fully saturated rings. The molecule has 2 N–H and O–H groups in total. The molecule has 6 heteroatoms. The van der Waals surface area contributed by atoms with Crippen LogP contribution in [0.4, 0.5) is 5.69 Å². The van der Waals surface area contributed by atoms with Crippen LogP contribution in [0.15, 0.2) is 24.3 Å². The first-order chi connectivity index (χ1) is 10.2. The molecule has 0 saturated heterocycles. The van der Waals surface area contributed by atoms with Gasteiger partial charge in [-0.3, -0.25) is 4.68 Å². The molecule has 0 saturated carbocycles. The summed E-state index contributed by atoms with van der Waals surface area (Å²) in [4.78, 5) is 11.0. The Kier molecular flexibility index (Phi) is 3.51. The van der Waals surface area contributed by atoms with E-state index in [9.17, 15) is 4.79 Å². The number of methoxy groups -OCH3 is 1. The maximum Gasteiger partial charge on any atom is 0.335 e. The zero-order chi connectivity index (χ0) is 14.8. The van der Waals surface area contributed by atoms with Gasteiger partial charge in [-0.25, -0.2) is 4.79 Å². The van der Waals surface area contributed by atoms with E-state index in [1.165, 1.54) is 25.3 Å². The minimum atomic E-state index is -0.967. The maximum absolute atomic E-state index is 11.0. The molecule has 21 heavy (non-hydrogen) atoms. The van der Waals surface area contributed by atoms with E-state index in [-0.39, 0.29) is 5.56 Å².